The van der Waals surface area contributed by atoms with Crippen molar-refractivity contribution in [1.82, 2.24) is 20.3 Å². The van der Waals surface area contributed by atoms with Gasteiger partial charge in [0.2, 0.25) is 15.9 Å². The van der Waals surface area contributed by atoms with Crippen molar-refractivity contribution in [2.75, 3.05) is 38.5 Å². The van der Waals surface area contributed by atoms with E-state index in [1.54, 1.807) is 0 Å². The Morgan fingerprint density at radius 2 is 1.93 bits per heavy atom. The maximum absolute atomic E-state index is 12.2. The number of benzene rings is 1. The van der Waals surface area contributed by atoms with E-state index in [1.165, 1.54) is 0 Å². The molecule has 3 N–H and O–H groups in total. The molecule has 1 amide bonds. The summed E-state index contributed by atoms with van der Waals surface area (Å²) in [6.45, 7) is 5.35. The zero-order valence-electron chi connectivity index (χ0n) is 17.9. The van der Waals surface area contributed by atoms with Crippen LogP contribution in [0.2, 0.25) is 0 Å². The fraction of sp³-hybridized carbons (Fsp3) is 0.619. The number of amides is 1. The molecule has 0 atom stereocenters. The van der Waals surface area contributed by atoms with Crippen LogP contribution in [0.1, 0.15) is 44.6 Å². The molecule has 0 aromatic heterocycles. The Morgan fingerprint density at radius 1 is 1.13 bits per heavy atom. The largest absolute Gasteiger partial charge is 0.357 e. The van der Waals surface area contributed by atoms with Gasteiger partial charge < -0.3 is 15.5 Å². The minimum Gasteiger partial charge on any atom is -0.357 e. The summed E-state index contributed by atoms with van der Waals surface area (Å²) in [6.07, 6.45) is 4.63. The van der Waals surface area contributed by atoms with E-state index >= 15 is 0 Å². The van der Waals surface area contributed by atoms with Gasteiger partial charge in [-0.2, -0.15) is 0 Å². The van der Waals surface area contributed by atoms with Gasteiger partial charge in [0.15, 0.2) is 5.96 Å². The van der Waals surface area contributed by atoms with Crippen molar-refractivity contribution in [3.05, 3.63) is 35.9 Å². The van der Waals surface area contributed by atoms with E-state index in [9.17, 15) is 13.2 Å². The summed E-state index contributed by atoms with van der Waals surface area (Å²) >= 11 is 0. The number of aliphatic imine (C=N–C) groups is 1. The molecule has 0 aliphatic carbocycles. The van der Waals surface area contributed by atoms with Crippen molar-refractivity contribution in [1.29, 1.82) is 0 Å². The number of carbonyl (C=O) groups excluding carboxylic acids is 1. The topological polar surface area (TPSA) is 103 Å². The standard InChI is InChI=1S/C21H35N5O3S/c1-2-22-21(23-13-9-16-26-15-8-4-7-12-20(26)27)24-14-17-30(28,29)25-18-19-10-5-3-6-11-19/h3,5-6,10-11,25H,2,4,7-9,12-18H2,1H3,(H2,22,23,24). The second-order valence-electron chi connectivity index (χ2n) is 7.36. The van der Waals surface area contributed by atoms with Gasteiger partial charge in [0.1, 0.15) is 0 Å². The summed E-state index contributed by atoms with van der Waals surface area (Å²) < 4.78 is 27.0. The van der Waals surface area contributed by atoms with Crippen molar-refractivity contribution in [2.45, 2.75) is 45.6 Å². The first kappa shape index (κ1) is 24.1. The van der Waals surface area contributed by atoms with E-state index in [0.717, 1.165) is 44.3 Å². The molecule has 1 aromatic carbocycles. The smallest absolute Gasteiger partial charge is 0.222 e. The molecule has 8 nitrogen and oxygen atoms in total. The average Bonchev–Trinajstić information content (AvgIpc) is 2.94. The minimum atomic E-state index is -3.38. The highest BCUT2D eigenvalue weighted by Gasteiger charge is 2.15. The molecule has 1 aliphatic heterocycles. The van der Waals surface area contributed by atoms with Crippen LogP contribution in [0.5, 0.6) is 0 Å². The van der Waals surface area contributed by atoms with Crippen LogP contribution in [0.15, 0.2) is 35.3 Å². The van der Waals surface area contributed by atoms with Gasteiger partial charge >= 0.3 is 0 Å². The fourth-order valence-corrected chi connectivity index (χ4v) is 4.14. The number of sulfonamides is 1. The number of likely N-dealkylation sites (tertiary alicyclic amines) is 1. The van der Waals surface area contributed by atoms with E-state index in [4.69, 9.17) is 0 Å². The van der Waals surface area contributed by atoms with E-state index in [1.807, 2.05) is 42.2 Å². The lowest BCUT2D eigenvalue weighted by molar-refractivity contribution is -0.130. The SMILES string of the molecule is CCNC(=NCCCN1CCCCCC1=O)NCCS(=O)(=O)NCc1ccccc1. The first-order chi connectivity index (χ1) is 14.5. The van der Waals surface area contributed by atoms with Gasteiger partial charge in [0.25, 0.3) is 0 Å². The Kier molecular flexibility index (Phi) is 10.6. The number of nitrogens with zero attached hydrogens (tertiary/aromatic N) is 2. The van der Waals surface area contributed by atoms with Crippen molar-refractivity contribution in [3.63, 3.8) is 0 Å². The predicted octanol–water partition coefficient (Wildman–Crippen LogP) is 1.45. The highest BCUT2D eigenvalue weighted by Crippen LogP contribution is 2.11. The van der Waals surface area contributed by atoms with Crippen LogP contribution >= 0.6 is 0 Å². The number of hydrogen-bond donors (Lipinski definition) is 3. The van der Waals surface area contributed by atoms with Crippen LogP contribution in [-0.2, 0) is 21.4 Å². The van der Waals surface area contributed by atoms with Gasteiger partial charge in [-0.05, 0) is 31.7 Å². The fourth-order valence-electron chi connectivity index (χ4n) is 3.23. The molecular weight excluding hydrogens is 402 g/mol. The Hall–Kier alpha value is -2.13. The third-order valence-corrected chi connectivity index (χ3v) is 6.20. The summed E-state index contributed by atoms with van der Waals surface area (Å²) in [5.74, 6) is 0.805. The second kappa shape index (κ2) is 13.2. The van der Waals surface area contributed by atoms with Crippen LogP contribution in [-0.4, -0.2) is 63.7 Å². The molecule has 0 radical (unpaired) electrons. The monoisotopic (exact) mass is 437 g/mol. The summed E-state index contributed by atoms with van der Waals surface area (Å²) in [7, 11) is -3.38. The molecule has 0 saturated carbocycles. The van der Waals surface area contributed by atoms with Crippen LogP contribution in [0, 0.1) is 0 Å². The Labute approximate surface area is 180 Å². The van der Waals surface area contributed by atoms with Gasteiger partial charge in [-0.15, -0.1) is 0 Å². The molecule has 9 heteroatoms. The Bertz CT molecular complexity index is 768. The highest BCUT2D eigenvalue weighted by molar-refractivity contribution is 7.89. The molecule has 168 valence electrons. The van der Waals surface area contributed by atoms with Crippen molar-refractivity contribution < 1.29 is 13.2 Å². The van der Waals surface area contributed by atoms with Crippen molar-refractivity contribution >= 4 is 21.9 Å². The van der Waals surface area contributed by atoms with Gasteiger partial charge in [-0.25, -0.2) is 13.1 Å². The Balaban J connectivity index is 1.71. The van der Waals surface area contributed by atoms with Gasteiger partial charge in [-0.1, -0.05) is 36.8 Å². The quantitative estimate of drug-likeness (QED) is 0.276. The second-order valence-corrected chi connectivity index (χ2v) is 9.28. The molecule has 1 heterocycles. The lowest BCUT2D eigenvalue weighted by Gasteiger charge is -2.20. The number of rotatable bonds is 11. The molecule has 1 aromatic rings. The van der Waals surface area contributed by atoms with Crippen LogP contribution in [0.4, 0.5) is 0 Å². The van der Waals surface area contributed by atoms with Crippen LogP contribution in [0.3, 0.4) is 0 Å². The normalized spacial score (nSPS) is 15.7. The summed E-state index contributed by atoms with van der Waals surface area (Å²) in [4.78, 5) is 18.5. The first-order valence-corrected chi connectivity index (χ1v) is 12.5. The molecular formula is C21H35N5O3S. The third kappa shape index (κ3) is 9.58. The average molecular weight is 438 g/mol. The molecule has 0 bridgehead atoms. The summed E-state index contributed by atoms with van der Waals surface area (Å²) in [5, 5.41) is 6.20. The van der Waals surface area contributed by atoms with E-state index in [-0.39, 0.29) is 24.7 Å². The molecule has 1 saturated heterocycles. The maximum Gasteiger partial charge on any atom is 0.222 e. The molecule has 0 unspecified atom stereocenters. The van der Waals surface area contributed by atoms with E-state index < -0.39 is 10.0 Å². The lowest BCUT2D eigenvalue weighted by atomic mass is 10.2. The van der Waals surface area contributed by atoms with E-state index in [0.29, 0.717) is 25.5 Å². The summed E-state index contributed by atoms with van der Waals surface area (Å²) in [5.41, 5.74) is 0.923. The number of nitrogens with one attached hydrogen (secondary N) is 3. The number of carbonyl (C=O) groups is 1. The predicted molar refractivity (Wildman–Crippen MR) is 121 cm³/mol. The van der Waals surface area contributed by atoms with Gasteiger partial charge in [0, 0.05) is 45.7 Å². The molecule has 2 rings (SSSR count). The van der Waals surface area contributed by atoms with Crippen LogP contribution in [0.25, 0.3) is 0 Å². The zero-order chi connectivity index (χ0) is 21.7. The summed E-state index contributed by atoms with van der Waals surface area (Å²) in [6, 6.07) is 9.43. The number of guanidine groups is 1. The highest BCUT2D eigenvalue weighted by atomic mass is 32.2. The third-order valence-electron chi connectivity index (χ3n) is 4.87. The molecule has 30 heavy (non-hydrogen) atoms. The molecule has 0 spiro atoms. The number of hydrogen-bond acceptors (Lipinski definition) is 4. The molecule has 1 aliphatic rings. The van der Waals surface area contributed by atoms with Crippen molar-refractivity contribution in [2.24, 2.45) is 4.99 Å². The maximum atomic E-state index is 12.2. The van der Waals surface area contributed by atoms with Crippen molar-refractivity contribution in [3.8, 4) is 0 Å². The first-order valence-electron chi connectivity index (χ1n) is 10.8. The Morgan fingerprint density at radius 3 is 2.70 bits per heavy atom. The van der Waals surface area contributed by atoms with Crippen LogP contribution < -0.4 is 15.4 Å². The van der Waals surface area contributed by atoms with E-state index in [2.05, 4.69) is 20.3 Å². The lowest BCUT2D eigenvalue weighted by Crippen LogP contribution is -2.41. The minimum absolute atomic E-state index is 0.0352. The molecule has 1 fully saturated rings. The van der Waals surface area contributed by atoms with Gasteiger partial charge in [-0.3, -0.25) is 9.79 Å². The zero-order valence-corrected chi connectivity index (χ0v) is 18.7. The van der Waals surface area contributed by atoms with Gasteiger partial charge in [0.05, 0.1) is 5.75 Å².